The average Bonchev–Trinajstić information content (AvgIpc) is 3.32. The molecule has 4 rings (SSSR count). The number of hydrogen-bond acceptors (Lipinski definition) is 6. The minimum Gasteiger partial charge on any atom is -0.481 e. The van der Waals surface area contributed by atoms with Gasteiger partial charge in [0.2, 0.25) is 11.8 Å². The third kappa shape index (κ3) is 3.68. The van der Waals surface area contributed by atoms with E-state index in [2.05, 4.69) is 33.1 Å². The van der Waals surface area contributed by atoms with Crippen LogP contribution < -0.4 is 9.64 Å². The number of nitriles is 1. The molecular weight excluding hydrogens is 407 g/mol. The lowest BCUT2D eigenvalue weighted by molar-refractivity contribution is 0.398. The van der Waals surface area contributed by atoms with Crippen molar-refractivity contribution in [2.45, 2.75) is 19.3 Å². The van der Waals surface area contributed by atoms with Gasteiger partial charge in [-0.15, -0.1) is 10.2 Å². The van der Waals surface area contributed by atoms with Crippen LogP contribution in [0.5, 0.6) is 5.88 Å². The Labute approximate surface area is 178 Å². The van der Waals surface area contributed by atoms with Gasteiger partial charge < -0.3 is 9.64 Å². The molecule has 1 aromatic carbocycles. The molecule has 0 spiro atoms. The lowest BCUT2D eigenvalue weighted by Gasteiger charge is -2.19. The van der Waals surface area contributed by atoms with Crippen LogP contribution in [-0.4, -0.2) is 39.9 Å². The number of nitrogens with zero attached hydrogens (tertiary/aromatic N) is 6. The van der Waals surface area contributed by atoms with E-state index in [-0.39, 0.29) is 24.1 Å². The summed E-state index contributed by atoms with van der Waals surface area (Å²) in [5, 5.41) is 18.2. The van der Waals surface area contributed by atoms with Crippen LogP contribution in [0.3, 0.4) is 0 Å². The van der Waals surface area contributed by atoms with E-state index in [9.17, 15) is 9.65 Å². The van der Waals surface area contributed by atoms with Gasteiger partial charge in [0, 0.05) is 30.1 Å². The Morgan fingerprint density at radius 3 is 2.77 bits per heavy atom. The smallest absolute Gasteiger partial charge is 0.232 e. The molecule has 3 heterocycles. The highest BCUT2D eigenvalue weighted by Crippen LogP contribution is 2.38. The highest BCUT2D eigenvalue weighted by atomic mass is 35.5. The first-order valence-electron chi connectivity index (χ1n) is 9.53. The summed E-state index contributed by atoms with van der Waals surface area (Å²) in [5.41, 5.74) is 1.67. The van der Waals surface area contributed by atoms with Gasteiger partial charge in [-0.2, -0.15) is 5.26 Å². The molecule has 2 atom stereocenters. The van der Waals surface area contributed by atoms with Crippen molar-refractivity contribution in [2.75, 3.05) is 25.1 Å². The van der Waals surface area contributed by atoms with Crippen LogP contribution in [0.1, 0.15) is 24.2 Å². The van der Waals surface area contributed by atoms with E-state index in [1.807, 2.05) is 10.6 Å². The molecule has 1 aliphatic heterocycles. The maximum atomic E-state index is 13.5. The predicted octanol–water partition coefficient (Wildman–Crippen LogP) is 3.77. The Balaban J connectivity index is 1.69. The van der Waals surface area contributed by atoms with Gasteiger partial charge in [-0.25, -0.2) is 9.37 Å². The van der Waals surface area contributed by atoms with E-state index in [0.29, 0.717) is 29.2 Å². The van der Waals surface area contributed by atoms with Crippen molar-refractivity contribution in [3.8, 4) is 17.6 Å². The number of halogens is 2. The topological polar surface area (TPSA) is 79.9 Å². The van der Waals surface area contributed by atoms with Crippen molar-refractivity contribution in [3.63, 3.8) is 0 Å². The molecule has 0 bridgehead atoms. The first-order valence-corrected chi connectivity index (χ1v) is 9.91. The number of hydrogen-bond donors (Lipinski definition) is 0. The lowest BCUT2D eigenvalue weighted by Crippen LogP contribution is -2.24. The van der Waals surface area contributed by atoms with Gasteiger partial charge in [0.05, 0.1) is 31.5 Å². The number of aromatic nitrogens is 4. The summed E-state index contributed by atoms with van der Waals surface area (Å²) in [5.74, 6) is 1.72. The first kappa shape index (κ1) is 20.1. The number of ether oxygens (including phenoxy) is 1. The Bertz CT molecular complexity index is 1090. The van der Waals surface area contributed by atoms with Gasteiger partial charge in [0.1, 0.15) is 5.82 Å². The zero-order valence-corrected chi connectivity index (χ0v) is 17.3. The minimum absolute atomic E-state index is 0.121. The van der Waals surface area contributed by atoms with Crippen LogP contribution in [0.4, 0.5) is 10.3 Å². The van der Waals surface area contributed by atoms with Crippen molar-refractivity contribution >= 4 is 17.5 Å². The van der Waals surface area contributed by atoms with Gasteiger partial charge >= 0.3 is 0 Å². The maximum absolute atomic E-state index is 13.5. The fourth-order valence-electron chi connectivity index (χ4n) is 3.92. The molecule has 0 amide bonds. The standard InChI is InChI=1S/C21H20ClFN6O/c1-13-11-28(12-17(13)16-5-3-14(23)9-18(16)22)21-27-26-19(7-8-24)29(21)15-4-6-20(30-2)25-10-15/h3-6,9-10,13,17H,7,11-12H2,1-2H3/t13-,17?/m0/s1. The van der Waals surface area contributed by atoms with E-state index >= 15 is 0 Å². The SMILES string of the molecule is COc1ccc(-n2c(CC#N)nnc2N2CC(c3ccc(F)cc3Cl)[C@@H](C)C2)cn1. The van der Waals surface area contributed by atoms with Gasteiger partial charge in [-0.3, -0.25) is 4.57 Å². The number of benzene rings is 1. The number of pyridine rings is 1. The van der Waals surface area contributed by atoms with Crippen LogP contribution in [0.15, 0.2) is 36.5 Å². The molecule has 154 valence electrons. The lowest BCUT2D eigenvalue weighted by atomic mass is 9.90. The normalized spacial score (nSPS) is 18.4. The second kappa shape index (κ2) is 8.28. The summed E-state index contributed by atoms with van der Waals surface area (Å²) >= 11 is 6.32. The highest BCUT2D eigenvalue weighted by molar-refractivity contribution is 6.31. The molecule has 9 heteroatoms. The predicted molar refractivity (Wildman–Crippen MR) is 111 cm³/mol. The maximum Gasteiger partial charge on any atom is 0.232 e. The molecule has 2 aromatic heterocycles. The zero-order chi connectivity index (χ0) is 21.3. The van der Waals surface area contributed by atoms with Gasteiger partial charge in [-0.1, -0.05) is 24.6 Å². The Morgan fingerprint density at radius 2 is 2.10 bits per heavy atom. The van der Waals surface area contributed by atoms with Gasteiger partial charge in [0.25, 0.3) is 0 Å². The molecule has 7 nitrogen and oxygen atoms in total. The monoisotopic (exact) mass is 426 g/mol. The summed E-state index contributed by atoms with van der Waals surface area (Å²) in [6, 6.07) is 10.3. The molecule has 1 unspecified atom stereocenters. The van der Waals surface area contributed by atoms with Gasteiger partial charge in [-0.05, 0) is 29.7 Å². The van der Waals surface area contributed by atoms with Crippen molar-refractivity contribution in [1.82, 2.24) is 19.7 Å². The number of rotatable bonds is 5. The molecule has 1 saturated heterocycles. The van der Waals surface area contributed by atoms with Crippen LogP contribution >= 0.6 is 11.6 Å². The first-order chi connectivity index (χ1) is 14.5. The number of anilines is 1. The minimum atomic E-state index is -0.348. The van der Waals surface area contributed by atoms with Crippen molar-refractivity contribution in [3.05, 3.63) is 58.8 Å². The molecule has 1 fully saturated rings. The molecule has 0 radical (unpaired) electrons. The van der Waals surface area contributed by atoms with E-state index in [4.69, 9.17) is 16.3 Å². The third-order valence-electron chi connectivity index (χ3n) is 5.40. The second-order valence-electron chi connectivity index (χ2n) is 7.30. The Hall–Kier alpha value is -3.18. The molecule has 30 heavy (non-hydrogen) atoms. The largest absolute Gasteiger partial charge is 0.481 e. The van der Waals surface area contributed by atoms with E-state index in [1.165, 1.54) is 12.1 Å². The van der Waals surface area contributed by atoms with Crippen LogP contribution in [-0.2, 0) is 6.42 Å². The van der Waals surface area contributed by atoms with Crippen molar-refractivity contribution in [1.29, 1.82) is 5.26 Å². The van der Waals surface area contributed by atoms with Crippen molar-refractivity contribution in [2.24, 2.45) is 5.92 Å². The zero-order valence-electron chi connectivity index (χ0n) is 16.6. The Morgan fingerprint density at radius 1 is 1.27 bits per heavy atom. The number of methoxy groups -OCH3 is 1. The van der Waals surface area contributed by atoms with Crippen LogP contribution in [0.25, 0.3) is 5.69 Å². The summed E-state index contributed by atoms with van der Waals surface area (Å²) in [4.78, 5) is 6.38. The molecule has 0 saturated carbocycles. The van der Waals surface area contributed by atoms with E-state index in [1.54, 1.807) is 25.4 Å². The summed E-state index contributed by atoms with van der Waals surface area (Å²) in [6.45, 7) is 3.52. The summed E-state index contributed by atoms with van der Waals surface area (Å²) < 4.78 is 20.5. The van der Waals surface area contributed by atoms with Crippen molar-refractivity contribution < 1.29 is 9.13 Å². The summed E-state index contributed by atoms with van der Waals surface area (Å²) in [6.07, 6.45) is 1.79. The molecular formula is C21H20ClFN6O. The van der Waals surface area contributed by atoms with E-state index < -0.39 is 0 Å². The van der Waals surface area contributed by atoms with Crippen LogP contribution in [0, 0.1) is 23.1 Å². The highest BCUT2D eigenvalue weighted by Gasteiger charge is 2.35. The molecule has 0 N–H and O–H groups in total. The summed E-state index contributed by atoms with van der Waals surface area (Å²) in [7, 11) is 1.56. The van der Waals surface area contributed by atoms with E-state index in [0.717, 1.165) is 17.8 Å². The fourth-order valence-corrected chi connectivity index (χ4v) is 4.23. The molecule has 0 aliphatic carbocycles. The third-order valence-corrected chi connectivity index (χ3v) is 5.72. The van der Waals surface area contributed by atoms with Gasteiger partial charge in [0.15, 0.2) is 5.82 Å². The quantitative estimate of drug-likeness (QED) is 0.617. The fraction of sp³-hybridized carbons (Fsp3) is 0.333. The Kier molecular flexibility index (Phi) is 5.55. The average molecular weight is 427 g/mol. The molecule has 3 aromatic rings. The van der Waals surface area contributed by atoms with Crippen LogP contribution in [0.2, 0.25) is 5.02 Å². The molecule has 1 aliphatic rings. The second-order valence-corrected chi connectivity index (χ2v) is 7.71.